The van der Waals surface area contributed by atoms with Crippen molar-refractivity contribution in [2.45, 2.75) is 51.6 Å². The molecule has 4 nitrogen and oxygen atoms in total. The van der Waals surface area contributed by atoms with Crippen molar-refractivity contribution in [2.75, 3.05) is 19.7 Å². The minimum Gasteiger partial charge on any atom is -0.395 e. The topological polar surface area (TPSA) is 52.6 Å². The molecule has 0 bridgehead atoms. The molecule has 0 aromatic rings. The van der Waals surface area contributed by atoms with Gasteiger partial charge in [0, 0.05) is 25.0 Å². The highest BCUT2D eigenvalue weighted by Gasteiger charge is 2.21. The second-order valence-electron chi connectivity index (χ2n) is 4.76. The molecule has 1 heterocycles. The maximum absolute atomic E-state index is 12.0. The van der Waals surface area contributed by atoms with Gasteiger partial charge in [0.15, 0.2) is 0 Å². The van der Waals surface area contributed by atoms with Crippen molar-refractivity contribution in [3.05, 3.63) is 0 Å². The van der Waals surface area contributed by atoms with E-state index in [0.717, 1.165) is 13.0 Å². The van der Waals surface area contributed by atoms with Crippen LogP contribution in [0.4, 0.5) is 0 Å². The van der Waals surface area contributed by atoms with Crippen LogP contribution in [0, 0.1) is 0 Å². The summed E-state index contributed by atoms with van der Waals surface area (Å²) in [6.45, 7) is 5.49. The minimum absolute atomic E-state index is 0.0437. The number of aliphatic hydroxyl groups is 1. The van der Waals surface area contributed by atoms with Crippen LogP contribution in [-0.2, 0) is 4.79 Å². The molecule has 1 saturated heterocycles. The maximum Gasteiger partial charge on any atom is 0.224 e. The minimum atomic E-state index is 0.0437. The smallest absolute Gasteiger partial charge is 0.224 e. The number of hydrogen-bond acceptors (Lipinski definition) is 3. The van der Waals surface area contributed by atoms with Gasteiger partial charge in [0.05, 0.1) is 6.61 Å². The molecule has 0 aromatic heterocycles. The Morgan fingerprint density at radius 1 is 1.50 bits per heavy atom. The molecule has 1 unspecified atom stereocenters. The second-order valence-corrected chi connectivity index (χ2v) is 4.76. The van der Waals surface area contributed by atoms with E-state index >= 15 is 0 Å². The van der Waals surface area contributed by atoms with Gasteiger partial charge in [-0.25, -0.2) is 0 Å². The molecule has 4 heteroatoms. The number of carbonyl (C=O) groups excluding carboxylic acids is 1. The summed E-state index contributed by atoms with van der Waals surface area (Å²) in [4.78, 5) is 13.8. The van der Waals surface area contributed by atoms with Crippen molar-refractivity contribution in [1.29, 1.82) is 0 Å². The van der Waals surface area contributed by atoms with Crippen molar-refractivity contribution in [2.24, 2.45) is 0 Å². The number of amides is 1. The molecule has 94 valence electrons. The van der Waals surface area contributed by atoms with E-state index < -0.39 is 0 Å². The highest BCUT2D eigenvalue weighted by Crippen LogP contribution is 2.12. The first-order valence-electron chi connectivity index (χ1n) is 6.29. The lowest BCUT2D eigenvalue weighted by molar-refractivity contribution is -0.134. The predicted molar refractivity (Wildman–Crippen MR) is 64.2 cm³/mol. The summed E-state index contributed by atoms with van der Waals surface area (Å²) in [6.07, 6.45) is 4.09. The Morgan fingerprint density at radius 2 is 2.25 bits per heavy atom. The van der Waals surface area contributed by atoms with Crippen LogP contribution in [0.5, 0.6) is 0 Å². The molecule has 0 saturated carbocycles. The van der Waals surface area contributed by atoms with Crippen LogP contribution in [0.1, 0.15) is 39.5 Å². The standard InChI is InChI=1S/C12H24N2O2/c1-10(2)14(7-8-15)12(16)9-11-5-3-4-6-13-11/h10-11,13,15H,3-9H2,1-2H3. The molecule has 1 fully saturated rings. The van der Waals surface area contributed by atoms with Crippen molar-refractivity contribution in [1.82, 2.24) is 10.2 Å². The Kier molecular flexibility index (Phi) is 5.77. The second kappa shape index (κ2) is 6.86. The fourth-order valence-electron chi connectivity index (χ4n) is 2.20. The number of carbonyl (C=O) groups is 1. The van der Waals surface area contributed by atoms with Gasteiger partial charge in [0.2, 0.25) is 5.91 Å². The fourth-order valence-corrected chi connectivity index (χ4v) is 2.20. The predicted octanol–water partition coefficient (Wildman–Crippen LogP) is 0.748. The van der Waals surface area contributed by atoms with Crippen LogP contribution in [0.15, 0.2) is 0 Å². The normalized spacial score (nSPS) is 21.1. The van der Waals surface area contributed by atoms with Gasteiger partial charge in [0.1, 0.15) is 0 Å². The van der Waals surface area contributed by atoms with Gasteiger partial charge < -0.3 is 15.3 Å². The Hall–Kier alpha value is -0.610. The van der Waals surface area contributed by atoms with Crippen molar-refractivity contribution in [3.63, 3.8) is 0 Å². The third-order valence-electron chi connectivity index (χ3n) is 3.12. The van der Waals surface area contributed by atoms with Crippen LogP contribution in [0.3, 0.4) is 0 Å². The van der Waals surface area contributed by atoms with E-state index in [0.29, 0.717) is 19.0 Å². The third kappa shape index (κ3) is 4.10. The van der Waals surface area contributed by atoms with E-state index in [1.807, 2.05) is 13.8 Å². The number of nitrogens with one attached hydrogen (secondary N) is 1. The largest absolute Gasteiger partial charge is 0.395 e. The lowest BCUT2D eigenvalue weighted by atomic mass is 10.0. The zero-order chi connectivity index (χ0) is 12.0. The highest BCUT2D eigenvalue weighted by atomic mass is 16.3. The van der Waals surface area contributed by atoms with Gasteiger partial charge >= 0.3 is 0 Å². The molecule has 2 N–H and O–H groups in total. The summed E-state index contributed by atoms with van der Waals surface area (Å²) in [5.74, 6) is 0.156. The van der Waals surface area contributed by atoms with Gasteiger partial charge in [-0.1, -0.05) is 6.42 Å². The third-order valence-corrected chi connectivity index (χ3v) is 3.12. The van der Waals surface area contributed by atoms with E-state index in [4.69, 9.17) is 5.11 Å². The van der Waals surface area contributed by atoms with Crippen LogP contribution < -0.4 is 5.32 Å². The van der Waals surface area contributed by atoms with Crippen LogP contribution in [0.25, 0.3) is 0 Å². The molecule has 1 atom stereocenters. The molecule has 0 aliphatic carbocycles. The number of hydrogen-bond donors (Lipinski definition) is 2. The van der Waals surface area contributed by atoms with E-state index in [9.17, 15) is 4.79 Å². The first kappa shape index (κ1) is 13.5. The quantitative estimate of drug-likeness (QED) is 0.730. The summed E-state index contributed by atoms with van der Waals surface area (Å²) in [5, 5.41) is 12.3. The molecule has 1 aliphatic rings. The van der Waals surface area contributed by atoms with Crippen molar-refractivity contribution >= 4 is 5.91 Å². The Balaban J connectivity index is 2.40. The molecule has 16 heavy (non-hydrogen) atoms. The first-order valence-corrected chi connectivity index (χ1v) is 6.29. The van der Waals surface area contributed by atoms with E-state index in [1.165, 1.54) is 12.8 Å². The van der Waals surface area contributed by atoms with E-state index in [-0.39, 0.29) is 18.6 Å². The molecule has 0 spiro atoms. The SMILES string of the molecule is CC(C)N(CCO)C(=O)CC1CCCCN1. The lowest BCUT2D eigenvalue weighted by Gasteiger charge is -2.29. The summed E-state index contributed by atoms with van der Waals surface area (Å²) in [5.41, 5.74) is 0. The molecule has 1 amide bonds. The van der Waals surface area contributed by atoms with Gasteiger partial charge in [-0.3, -0.25) is 4.79 Å². The van der Waals surface area contributed by atoms with Crippen LogP contribution in [0.2, 0.25) is 0 Å². The van der Waals surface area contributed by atoms with Gasteiger partial charge in [-0.05, 0) is 33.2 Å². The van der Waals surface area contributed by atoms with E-state index in [1.54, 1.807) is 4.90 Å². The van der Waals surface area contributed by atoms with Crippen LogP contribution in [-0.4, -0.2) is 47.7 Å². The Bertz CT molecular complexity index is 213. The zero-order valence-corrected chi connectivity index (χ0v) is 10.4. The Labute approximate surface area is 98.0 Å². The molecular weight excluding hydrogens is 204 g/mol. The Morgan fingerprint density at radius 3 is 2.75 bits per heavy atom. The van der Waals surface area contributed by atoms with Gasteiger partial charge in [-0.15, -0.1) is 0 Å². The molecule has 0 aromatic carbocycles. The fraction of sp³-hybridized carbons (Fsp3) is 0.917. The number of rotatable bonds is 5. The van der Waals surface area contributed by atoms with Gasteiger partial charge in [0.25, 0.3) is 0 Å². The number of nitrogens with zero attached hydrogens (tertiary/aromatic N) is 1. The van der Waals surface area contributed by atoms with Crippen molar-refractivity contribution in [3.8, 4) is 0 Å². The zero-order valence-electron chi connectivity index (χ0n) is 10.4. The number of aliphatic hydroxyl groups excluding tert-OH is 1. The summed E-state index contributed by atoms with van der Waals surface area (Å²) in [6, 6.07) is 0.504. The first-order chi connectivity index (χ1) is 7.65. The highest BCUT2D eigenvalue weighted by molar-refractivity contribution is 5.77. The van der Waals surface area contributed by atoms with Crippen LogP contribution >= 0.6 is 0 Å². The average Bonchev–Trinajstić information content (AvgIpc) is 2.26. The summed E-state index contributed by atoms with van der Waals surface area (Å²) < 4.78 is 0. The summed E-state index contributed by atoms with van der Waals surface area (Å²) >= 11 is 0. The summed E-state index contributed by atoms with van der Waals surface area (Å²) in [7, 11) is 0. The molecule has 1 rings (SSSR count). The molecule has 0 radical (unpaired) electrons. The molecule has 1 aliphatic heterocycles. The van der Waals surface area contributed by atoms with E-state index in [2.05, 4.69) is 5.32 Å². The lowest BCUT2D eigenvalue weighted by Crippen LogP contribution is -2.44. The van der Waals surface area contributed by atoms with Gasteiger partial charge in [-0.2, -0.15) is 0 Å². The average molecular weight is 228 g/mol. The monoisotopic (exact) mass is 228 g/mol. The maximum atomic E-state index is 12.0. The molecular formula is C12H24N2O2. The van der Waals surface area contributed by atoms with Crippen molar-refractivity contribution < 1.29 is 9.90 Å². The number of piperidine rings is 1.